The monoisotopic (exact) mass is 328 g/mol. The lowest BCUT2D eigenvalue weighted by molar-refractivity contribution is 0.205. The second-order valence-electron chi connectivity index (χ2n) is 3.79. The Morgan fingerprint density at radius 3 is 2.62 bits per heavy atom. The molecular formula is C12H7Cl2FN4O2. The topological polar surface area (TPSA) is 101 Å². The number of nitrogens with zero attached hydrogens (tertiary/aromatic N) is 3. The minimum absolute atomic E-state index is 0.0953. The molecule has 0 atom stereocenters. The van der Waals surface area contributed by atoms with Crippen LogP contribution in [0.3, 0.4) is 0 Å². The fourth-order valence-electron chi connectivity index (χ4n) is 1.55. The summed E-state index contributed by atoms with van der Waals surface area (Å²) in [6.07, 6.45) is -0.512. The van der Waals surface area contributed by atoms with E-state index in [1.807, 2.05) is 0 Å². The van der Waals surface area contributed by atoms with Gasteiger partial charge >= 0.3 is 6.09 Å². The molecule has 108 valence electrons. The number of amidine groups is 1. The van der Waals surface area contributed by atoms with Crippen LogP contribution in [0.5, 0.6) is 0 Å². The van der Waals surface area contributed by atoms with E-state index < -0.39 is 23.4 Å². The first-order valence-electron chi connectivity index (χ1n) is 5.43. The van der Waals surface area contributed by atoms with E-state index in [2.05, 4.69) is 15.0 Å². The fourth-order valence-corrected chi connectivity index (χ4v) is 1.85. The van der Waals surface area contributed by atoms with Gasteiger partial charge in [0.25, 0.3) is 0 Å². The summed E-state index contributed by atoms with van der Waals surface area (Å²) in [5, 5.41) is 9.05. The summed E-state index contributed by atoms with van der Waals surface area (Å²) in [6, 6.07) is 4.41. The SMILES string of the molecule is N/C(=N\C(=O)O)c1ncnc(-c2ccc(Cl)c(Cl)c2)c1F. The van der Waals surface area contributed by atoms with Gasteiger partial charge in [-0.05, 0) is 12.1 Å². The molecule has 2 aromatic rings. The van der Waals surface area contributed by atoms with E-state index in [9.17, 15) is 9.18 Å². The van der Waals surface area contributed by atoms with Crippen LogP contribution in [0.4, 0.5) is 9.18 Å². The van der Waals surface area contributed by atoms with Crippen LogP contribution in [-0.4, -0.2) is 27.0 Å². The molecule has 0 saturated heterocycles. The Bertz CT molecular complexity index is 752. The molecule has 1 aromatic heterocycles. The Kier molecular flexibility index (Phi) is 4.35. The lowest BCUT2D eigenvalue weighted by atomic mass is 10.1. The van der Waals surface area contributed by atoms with E-state index in [0.717, 1.165) is 6.33 Å². The Labute approximate surface area is 128 Å². The molecular weight excluding hydrogens is 322 g/mol. The lowest BCUT2D eigenvalue weighted by Gasteiger charge is -2.07. The van der Waals surface area contributed by atoms with Gasteiger partial charge in [0.05, 0.1) is 10.0 Å². The number of hydrogen-bond acceptors (Lipinski definition) is 3. The molecule has 0 aliphatic rings. The van der Waals surface area contributed by atoms with Crippen molar-refractivity contribution in [2.75, 3.05) is 0 Å². The third kappa shape index (κ3) is 3.26. The quantitative estimate of drug-likeness (QED) is 0.651. The van der Waals surface area contributed by atoms with Crippen molar-refractivity contribution in [3.05, 3.63) is 46.1 Å². The maximum atomic E-state index is 14.3. The number of rotatable bonds is 2. The molecule has 21 heavy (non-hydrogen) atoms. The zero-order chi connectivity index (χ0) is 15.6. The molecule has 9 heteroatoms. The first-order valence-corrected chi connectivity index (χ1v) is 6.19. The number of nitrogens with two attached hydrogens (primary N) is 1. The Balaban J connectivity index is 2.56. The number of carbonyl (C=O) groups is 1. The van der Waals surface area contributed by atoms with Crippen molar-refractivity contribution in [2.24, 2.45) is 10.7 Å². The molecule has 2 rings (SSSR count). The third-order valence-electron chi connectivity index (χ3n) is 2.44. The Morgan fingerprint density at radius 1 is 1.29 bits per heavy atom. The summed E-state index contributed by atoms with van der Waals surface area (Å²) in [5.74, 6) is -1.47. The van der Waals surface area contributed by atoms with Crippen LogP contribution in [0.15, 0.2) is 29.5 Å². The van der Waals surface area contributed by atoms with Crippen LogP contribution in [0.25, 0.3) is 11.3 Å². The highest BCUT2D eigenvalue weighted by Crippen LogP contribution is 2.29. The van der Waals surface area contributed by atoms with Gasteiger partial charge in [-0.25, -0.2) is 19.2 Å². The molecule has 6 nitrogen and oxygen atoms in total. The van der Waals surface area contributed by atoms with E-state index >= 15 is 0 Å². The summed E-state index contributed by atoms with van der Waals surface area (Å²) >= 11 is 11.6. The Morgan fingerprint density at radius 2 is 2.00 bits per heavy atom. The maximum Gasteiger partial charge on any atom is 0.433 e. The van der Waals surface area contributed by atoms with Gasteiger partial charge in [-0.3, -0.25) is 0 Å². The summed E-state index contributed by atoms with van der Waals surface area (Å²) < 4.78 is 14.3. The van der Waals surface area contributed by atoms with Crippen LogP contribution in [0.1, 0.15) is 5.69 Å². The van der Waals surface area contributed by atoms with E-state index in [-0.39, 0.29) is 10.7 Å². The molecule has 0 aliphatic carbocycles. The van der Waals surface area contributed by atoms with Crippen LogP contribution >= 0.6 is 23.2 Å². The Hall–Kier alpha value is -2.25. The summed E-state index contributed by atoms with van der Waals surface area (Å²) in [4.78, 5) is 20.9. The van der Waals surface area contributed by atoms with E-state index in [1.165, 1.54) is 18.2 Å². The predicted molar refractivity (Wildman–Crippen MR) is 76.2 cm³/mol. The van der Waals surface area contributed by atoms with Crippen LogP contribution in [0.2, 0.25) is 10.0 Å². The van der Waals surface area contributed by atoms with Crippen molar-refractivity contribution in [3.8, 4) is 11.3 Å². The largest absolute Gasteiger partial charge is 0.463 e. The molecule has 1 amide bonds. The van der Waals surface area contributed by atoms with E-state index in [4.69, 9.17) is 34.0 Å². The smallest absolute Gasteiger partial charge is 0.433 e. The number of halogens is 3. The van der Waals surface area contributed by atoms with Crippen LogP contribution in [-0.2, 0) is 0 Å². The number of aliphatic imine (C=N–C) groups is 1. The molecule has 0 spiro atoms. The molecule has 0 fully saturated rings. The van der Waals surface area contributed by atoms with Crippen molar-refractivity contribution in [1.82, 2.24) is 9.97 Å². The third-order valence-corrected chi connectivity index (χ3v) is 3.18. The van der Waals surface area contributed by atoms with Gasteiger partial charge in [0, 0.05) is 5.56 Å². The number of aromatic nitrogens is 2. The minimum atomic E-state index is -1.55. The predicted octanol–water partition coefficient (Wildman–Crippen LogP) is 2.97. The minimum Gasteiger partial charge on any atom is -0.463 e. The van der Waals surface area contributed by atoms with Gasteiger partial charge in [0.1, 0.15) is 17.7 Å². The average molecular weight is 329 g/mol. The fraction of sp³-hybridized carbons (Fsp3) is 0. The summed E-state index contributed by atoms with van der Waals surface area (Å²) in [5.41, 5.74) is 5.23. The average Bonchev–Trinajstić information content (AvgIpc) is 2.41. The van der Waals surface area contributed by atoms with E-state index in [1.54, 1.807) is 0 Å². The number of amides is 1. The molecule has 0 bridgehead atoms. The normalized spacial score (nSPS) is 11.5. The van der Waals surface area contributed by atoms with Gasteiger partial charge < -0.3 is 10.8 Å². The number of benzene rings is 1. The van der Waals surface area contributed by atoms with Gasteiger partial charge in [-0.15, -0.1) is 0 Å². The van der Waals surface area contributed by atoms with Crippen LogP contribution in [0, 0.1) is 5.82 Å². The lowest BCUT2D eigenvalue weighted by Crippen LogP contribution is -2.19. The van der Waals surface area contributed by atoms with E-state index in [0.29, 0.717) is 10.6 Å². The van der Waals surface area contributed by atoms with Gasteiger partial charge in [0.2, 0.25) is 0 Å². The van der Waals surface area contributed by atoms with Gasteiger partial charge in [0.15, 0.2) is 11.7 Å². The number of hydrogen-bond donors (Lipinski definition) is 2. The number of carboxylic acid groups (broad SMARTS) is 1. The molecule has 0 aliphatic heterocycles. The van der Waals surface area contributed by atoms with Crippen molar-refractivity contribution in [3.63, 3.8) is 0 Å². The summed E-state index contributed by atoms with van der Waals surface area (Å²) in [7, 11) is 0. The molecule has 0 radical (unpaired) electrons. The molecule has 3 N–H and O–H groups in total. The van der Waals surface area contributed by atoms with Gasteiger partial charge in [-0.2, -0.15) is 4.99 Å². The second kappa shape index (κ2) is 6.02. The molecule has 0 unspecified atom stereocenters. The highest BCUT2D eigenvalue weighted by Gasteiger charge is 2.17. The van der Waals surface area contributed by atoms with Crippen molar-refractivity contribution in [1.29, 1.82) is 0 Å². The maximum absolute atomic E-state index is 14.3. The molecule has 1 aromatic carbocycles. The molecule has 1 heterocycles. The zero-order valence-corrected chi connectivity index (χ0v) is 11.7. The molecule has 0 saturated carbocycles. The summed E-state index contributed by atoms with van der Waals surface area (Å²) in [6.45, 7) is 0. The van der Waals surface area contributed by atoms with Crippen molar-refractivity contribution >= 4 is 35.1 Å². The van der Waals surface area contributed by atoms with Crippen molar-refractivity contribution < 1.29 is 14.3 Å². The highest BCUT2D eigenvalue weighted by atomic mass is 35.5. The standard InChI is InChI=1S/C12H7Cl2FN4O2/c13-6-2-1-5(3-7(6)14)9-8(15)10(18-4-17-9)11(16)19-12(20)21/h1-4H,(H2,16,19)(H,20,21). The second-order valence-corrected chi connectivity index (χ2v) is 4.61. The zero-order valence-electron chi connectivity index (χ0n) is 10.2. The highest BCUT2D eigenvalue weighted by molar-refractivity contribution is 6.42. The van der Waals surface area contributed by atoms with Crippen molar-refractivity contribution in [2.45, 2.75) is 0 Å². The van der Waals surface area contributed by atoms with Gasteiger partial charge in [-0.1, -0.05) is 29.3 Å². The van der Waals surface area contributed by atoms with Crippen LogP contribution < -0.4 is 5.73 Å². The first-order chi connectivity index (χ1) is 9.90. The first kappa shape index (κ1) is 15.1.